The summed E-state index contributed by atoms with van der Waals surface area (Å²) in [5.74, 6) is -0.337. The van der Waals surface area contributed by atoms with Crippen molar-refractivity contribution < 1.29 is 9.59 Å². The van der Waals surface area contributed by atoms with Crippen LogP contribution in [0.1, 0.15) is 26.3 Å². The minimum absolute atomic E-state index is 0.0317. The molecule has 0 unspecified atom stereocenters. The van der Waals surface area contributed by atoms with Crippen molar-refractivity contribution in [2.45, 2.75) is 6.92 Å². The molecule has 4 nitrogen and oxygen atoms in total. The number of hydrogen-bond donors (Lipinski definition) is 0. The number of amides is 1. The summed E-state index contributed by atoms with van der Waals surface area (Å²) in [5, 5.41) is 1.86. The van der Waals surface area contributed by atoms with Crippen LogP contribution in [0.4, 0.5) is 0 Å². The highest BCUT2D eigenvalue weighted by atomic mass is 32.1. The van der Waals surface area contributed by atoms with E-state index in [1.807, 2.05) is 18.6 Å². The van der Waals surface area contributed by atoms with Gasteiger partial charge in [-0.05, 0) is 19.1 Å². The minimum Gasteiger partial charge on any atom is -0.327 e. The van der Waals surface area contributed by atoms with E-state index in [1.165, 1.54) is 29.6 Å². The van der Waals surface area contributed by atoms with Crippen molar-refractivity contribution in [1.82, 2.24) is 4.57 Å². The van der Waals surface area contributed by atoms with Crippen LogP contribution in [0, 0.1) is 0 Å². The van der Waals surface area contributed by atoms with Crippen LogP contribution in [0.3, 0.4) is 0 Å². The maximum Gasteiger partial charge on any atom is 0.289 e. The molecule has 0 spiro atoms. The minimum atomic E-state index is -0.305. The summed E-state index contributed by atoms with van der Waals surface area (Å²) in [6.45, 7) is 1.48. The van der Waals surface area contributed by atoms with Gasteiger partial charge in [-0.15, -0.1) is 22.7 Å². The first kappa shape index (κ1) is 11.9. The van der Waals surface area contributed by atoms with Gasteiger partial charge in [0.2, 0.25) is 0 Å². The predicted molar refractivity (Wildman–Crippen MR) is 67.5 cm³/mol. The van der Waals surface area contributed by atoms with Gasteiger partial charge in [-0.1, -0.05) is 0 Å². The number of ketones is 1. The summed E-state index contributed by atoms with van der Waals surface area (Å²) < 4.78 is 1.78. The van der Waals surface area contributed by atoms with Crippen molar-refractivity contribution in [3.05, 3.63) is 38.3 Å². The highest BCUT2D eigenvalue weighted by molar-refractivity contribution is 7.16. The monoisotopic (exact) mass is 266 g/mol. The molecule has 2 rings (SSSR count). The molecule has 88 valence electrons. The van der Waals surface area contributed by atoms with Crippen molar-refractivity contribution in [2.75, 3.05) is 0 Å². The van der Waals surface area contributed by atoms with Gasteiger partial charge < -0.3 is 4.57 Å². The first-order valence-corrected chi connectivity index (χ1v) is 6.57. The summed E-state index contributed by atoms with van der Waals surface area (Å²) in [4.78, 5) is 28.7. The van der Waals surface area contributed by atoms with Gasteiger partial charge in [-0.2, -0.15) is 4.99 Å². The Morgan fingerprint density at radius 1 is 1.29 bits per heavy atom. The fraction of sp³-hybridized carbons (Fsp3) is 0.182. The Labute approximate surface area is 106 Å². The van der Waals surface area contributed by atoms with E-state index in [0.717, 1.165) is 0 Å². The third-order valence-electron chi connectivity index (χ3n) is 2.12. The number of carbonyl (C=O) groups is 2. The lowest BCUT2D eigenvalue weighted by Gasteiger charge is -1.90. The van der Waals surface area contributed by atoms with Crippen molar-refractivity contribution in [3.8, 4) is 0 Å². The van der Waals surface area contributed by atoms with Crippen molar-refractivity contribution >= 4 is 34.4 Å². The molecule has 2 aromatic rings. The SMILES string of the molecule is CC(=O)c1ccc(C(=O)N=c2sccn2C)s1. The summed E-state index contributed by atoms with van der Waals surface area (Å²) >= 11 is 2.58. The molecule has 0 N–H and O–H groups in total. The van der Waals surface area contributed by atoms with Crippen molar-refractivity contribution in [1.29, 1.82) is 0 Å². The average molecular weight is 266 g/mol. The molecule has 0 aromatic carbocycles. The van der Waals surface area contributed by atoms with Gasteiger partial charge in [0.25, 0.3) is 5.91 Å². The van der Waals surface area contributed by atoms with E-state index in [2.05, 4.69) is 4.99 Å². The fourth-order valence-corrected chi connectivity index (χ4v) is 2.73. The van der Waals surface area contributed by atoms with E-state index >= 15 is 0 Å². The third kappa shape index (κ3) is 2.59. The van der Waals surface area contributed by atoms with E-state index in [1.54, 1.807) is 16.7 Å². The summed E-state index contributed by atoms with van der Waals surface area (Å²) in [6, 6.07) is 3.30. The van der Waals surface area contributed by atoms with Gasteiger partial charge >= 0.3 is 0 Å². The maximum absolute atomic E-state index is 11.8. The topological polar surface area (TPSA) is 51.4 Å². The molecule has 0 atom stereocenters. The largest absolute Gasteiger partial charge is 0.327 e. The van der Waals surface area contributed by atoms with E-state index in [9.17, 15) is 9.59 Å². The second-order valence-corrected chi connectivity index (χ2v) is 5.39. The second kappa shape index (κ2) is 4.77. The molecule has 2 aromatic heterocycles. The van der Waals surface area contributed by atoms with E-state index in [4.69, 9.17) is 0 Å². The van der Waals surface area contributed by atoms with E-state index in [-0.39, 0.29) is 11.7 Å². The molecule has 0 bridgehead atoms. The molecule has 6 heteroatoms. The number of thiophene rings is 1. The molecule has 0 saturated heterocycles. The van der Waals surface area contributed by atoms with Gasteiger partial charge in [-0.3, -0.25) is 9.59 Å². The zero-order valence-corrected chi connectivity index (χ0v) is 11.0. The maximum atomic E-state index is 11.8. The molecule has 1 amide bonds. The number of rotatable bonds is 2. The lowest BCUT2D eigenvalue weighted by Crippen LogP contribution is -2.12. The molecule has 17 heavy (non-hydrogen) atoms. The molecule has 0 aliphatic rings. The summed E-state index contributed by atoms with van der Waals surface area (Å²) in [7, 11) is 1.83. The number of thiazole rings is 1. The Morgan fingerprint density at radius 3 is 2.53 bits per heavy atom. The van der Waals surface area contributed by atoms with Gasteiger partial charge in [0, 0.05) is 18.6 Å². The standard InChI is InChI=1S/C11H10N2O2S2/c1-7(14)8-3-4-9(17-8)10(15)12-11-13(2)5-6-16-11/h3-6H,1-2H3. The van der Waals surface area contributed by atoms with E-state index < -0.39 is 0 Å². The first-order valence-electron chi connectivity index (χ1n) is 4.88. The van der Waals surface area contributed by atoms with Crippen LogP contribution in [-0.2, 0) is 7.05 Å². The quantitative estimate of drug-likeness (QED) is 0.782. The first-order chi connectivity index (χ1) is 8.08. The van der Waals surface area contributed by atoms with Gasteiger partial charge in [0.15, 0.2) is 10.6 Å². The number of carbonyl (C=O) groups excluding carboxylic acids is 2. The fourth-order valence-electron chi connectivity index (χ4n) is 1.22. The lowest BCUT2D eigenvalue weighted by molar-refractivity contribution is 0.0999. The number of aromatic nitrogens is 1. The smallest absolute Gasteiger partial charge is 0.289 e. The lowest BCUT2D eigenvalue weighted by atomic mass is 10.3. The third-order valence-corrected chi connectivity index (χ3v) is 4.14. The number of nitrogens with zero attached hydrogens (tertiary/aromatic N) is 2. The van der Waals surface area contributed by atoms with Crippen LogP contribution in [0.5, 0.6) is 0 Å². The van der Waals surface area contributed by atoms with Gasteiger partial charge in [0.05, 0.1) is 9.75 Å². The van der Waals surface area contributed by atoms with E-state index in [0.29, 0.717) is 14.6 Å². The summed E-state index contributed by atoms with van der Waals surface area (Å²) in [5.41, 5.74) is 0. The van der Waals surface area contributed by atoms with Gasteiger partial charge in [0.1, 0.15) is 0 Å². The Balaban J connectivity index is 2.32. The van der Waals surface area contributed by atoms with Crippen LogP contribution >= 0.6 is 22.7 Å². The Kier molecular flexibility index (Phi) is 3.35. The Bertz CT molecular complexity index is 634. The molecule has 0 radical (unpaired) electrons. The number of aryl methyl sites for hydroxylation is 1. The van der Waals surface area contributed by atoms with Crippen LogP contribution < -0.4 is 4.80 Å². The number of Topliss-reactive ketones (excluding diaryl/α,β-unsaturated/α-hetero) is 1. The summed E-state index contributed by atoms with van der Waals surface area (Å²) in [6.07, 6.45) is 1.84. The molecule has 0 aliphatic heterocycles. The van der Waals surface area contributed by atoms with Crippen LogP contribution in [0.2, 0.25) is 0 Å². The molecular weight excluding hydrogens is 256 g/mol. The molecule has 2 heterocycles. The predicted octanol–water partition coefficient (Wildman–Crippen LogP) is 2.09. The zero-order valence-electron chi connectivity index (χ0n) is 9.34. The number of hydrogen-bond acceptors (Lipinski definition) is 4. The van der Waals surface area contributed by atoms with Crippen molar-refractivity contribution in [2.24, 2.45) is 12.0 Å². The average Bonchev–Trinajstić information content (AvgIpc) is 2.88. The Hall–Kier alpha value is -1.53. The molecule has 0 saturated carbocycles. The normalized spacial score (nSPS) is 11.8. The second-order valence-electron chi connectivity index (χ2n) is 3.43. The highest BCUT2D eigenvalue weighted by Gasteiger charge is 2.10. The zero-order chi connectivity index (χ0) is 12.4. The molecular formula is C11H10N2O2S2. The highest BCUT2D eigenvalue weighted by Crippen LogP contribution is 2.17. The van der Waals surface area contributed by atoms with Crippen LogP contribution in [0.15, 0.2) is 28.7 Å². The van der Waals surface area contributed by atoms with Crippen LogP contribution in [-0.4, -0.2) is 16.3 Å². The van der Waals surface area contributed by atoms with Crippen LogP contribution in [0.25, 0.3) is 0 Å². The molecule has 0 fully saturated rings. The van der Waals surface area contributed by atoms with Crippen molar-refractivity contribution in [3.63, 3.8) is 0 Å². The van der Waals surface area contributed by atoms with Gasteiger partial charge in [-0.25, -0.2) is 0 Å². The molecule has 0 aliphatic carbocycles. The Morgan fingerprint density at radius 2 is 2.00 bits per heavy atom.